The fraction of sp³-hybridized carbons (Fsp3) is 0.219. The van der Waals surface area contributed by atoms with Gasteiger partial charge in [0.25, 0.3) is 5.91 Å². The molecule has 1 atom stereocenters. The van der Waals surface area contributed by atoms with Gasteiger partial charge in [-0.1, -0.05) is 54.6 Å². The summed E-state index contributed by atoms with van der Waals surface area (Å²) in [5.74, 6) is -0.164. The molecule has 0 bridgehead atoms. The van der Waals surface area contributed by atoms with Gasteiger partial charge in [-0.25, -0.2) is 4.79 Å². The minimum absolute atomic E-state index is 0.292. The molecule has 7 heteroatoms. The number of pyridine rings is 1. The van der Waals surface area contributed by atoms with Crippen molar-refractivity contribution in [2.75, 3.05) is 12.0 Å². The number of carbonyl (C=O) groups is 2. The van der Waals surface area contributed by atoms with Crippen LogP contribution in [-0.4, -0.2) is 40.0 Å². The van der Waals surface area contributed by atoms with E-state index in [1.54, 1.807) is 24.2 Å². The molecule has 0 spiro atoms. The van der Waals surface area contributed by atoms with Gasteiger partial charge in [0.1, 0.15) is 18.4 Å². The first-order valence-corrected chi connectivity index (χ1v) is 14.2. The number of carboxylic acid groups (broad SMARTS) is 1. The van der Waals surface area contributed by atoms with Gasteiger partial charge < -0.3 is 15.2 Å². The summed E-state index contributed by atoms with van der Waals surface area (Å²) in [5.41, 5.74) is 6.07. The second-order valence-electron chi connectivity index (χ2n) is 9.27. The molecule has 39 heavy (non-hydrogen) atoms. The number of nitrogens with zero attached hydrogens (tertiary/aromatic N) is 1. The number of carbonyl (C=O) groups excluding carboxylic acids is 1. The van der Waals surface area contributed by atoms with Crippen LogP contribution in [0.4, 0.5) is 0 Å². The van der Waals surface area contributed by atoms with Gasteiger partial charge in [0.05, 0.1) is 6.20 Å². The molecule has 0 aliphatic carbocycles. The van der Waals surface area contributed by atoms with Gasteiger partial charge in [0, 0.05) is 11.8 Å². The number of hydrogen-bond acceptors (Lipinski definition) is 5. The minimum Gasteiger partial charge on any atom is -0.487 e. The summed E-state index contributed by atoms with van der Waals surface area (Å²) in [6.07, 6.45) is 6.22. The van der Waals surface area contributed by atoms with E-state index in [9.17, 15) is 14.7 Å². The second-order valence-corrected chi connectivity index (χ2v) is 10.3. The number of aromatic nitrogens is 1. The van der Waals surface area contributed by atoms with E-state index in [0.29, 0.717) is 36.5 Å². The zero-order valence-electron chi connectivity index (χ0n) is 22.1. The molecule has 2 N–H and O–H groups in total. The number of amides is 1. The smallest absolute Gasteiger partial charge is 0.326 e. The molecule has 4 rings (SSSR count). The zero-order chi connectivity index (χ0) is 27.6. The predicted molar refractivity (Wildman–Crippen MR) is 156 cm³/mol. The molecule has 0 saturated heterocycles. The molecule has 0 aliphatic heterocycles. The lowest BCUT2D eigenvalue weighted by Crippen LogP contribution is -2.41. The Morgan fingerprint density at radius 3 is 2.44 bits per heavy atom. The molecule has 0 saturated carbocycles. The van der Waals surface area contributed by atoms with Crippen LogP contribution in [0.25, 0.3) is 11.1 Å². The predicted octanol–water partition coefficient (Wildman–Crippen LogP) is 6.16. The molecular weight excluding hydrogens is 508 g/mol. The highest BCUT2D eigenvalue weighted by molar-refractivity contribution is 7.98. The third-order valence-corrected chi connectivity index (χ3v) is 7.14. The molecule has 200 valence electrons. The van der Waals surface area contributed by atoms with Gasteiger partial charge in [-0.05, 0) is 89.4 Å². The summed E-state index contributed by atoms with van der Waals surface area (Å²) in [5, 5.41) is 12.5. The SMILES string of the molecule is CSCC[C@H](NC(=O)c1cc(Cc2ccccc2)c(COc2cccnc2)cc1-c1ccccc1C)C(=O)O. The molecule has 4 aromatic rings. The summed E-state index contributed by atoms with van der Waals surface area (Å²) in [6, 6.07) is 24.5. The number of carboxylic acids is 1. The van der Waals surface area contributed by atoms with Crippen LogP contribution in [0.15, 0.2) is 91.3 Å². The molecule has 0 fully saturated rings. The van der Waals surface area contributed by atoms with Crippen LogP contribution >= 0.6 is 11.8 Å². The number of thioether (sulfide) groups is 1. The average molecular weight is 541 g/mol. The van der Waals surface area contributed by atoms with E-state index in [4.69, 9.17) is 4.74 Å². The lowest BCUT2D eigenvalue weighted by Gasteiger charge is -2.20. The fourth-order valence-corrected chi connectivity index (χ4v) is 4.88. The number of aliphatic carboxylic acids is 1. The maximum atomic E-state index is 13.7. The van der Waals surface area contributed by atoms with Gasteiger partial charge in [0.2, 0.25) is 0 Å². The molecule has 1 heterocycles. The van der Waals surface area contributed by atoms with Crippen LogP contribution in [0.2, 0.25) is 0 Å². The highest BCUT2D eigenvalue weighted by atomic mass is 32.2. The van der Waals surface area contributed by atoms with Crippen molar-refractivity contribution in [3.8, 4) is 16.9 Å². The number of benzene rings is 3. The third kappa shape index (κ3) is 7.48. The molecule has 0 radical (unpaired) electrons. The van der Waals surface area contributed by atoms with Crippen molar-refractivity contribution in [1.82, 2.24) is 10.3 Å². The summed E-state index contributed by atoms with van der Waals surface area (Å²) in [7, 11) is 0. The first kappa shape index (κ1) is 27.9. The number of rotatable bonds is 12. The van der Waals surface area contributed by atoms with Gasteiger partial charge in [-0.2, -0.15) is 11.8 Å². The Labute approximate surface area is 233 Å². The van der Waals surface area contributed by atoms with Crippen LogP contribution in [0.5, 0.6) is 5.75 Å². The molecule has 1 aromatic heterocycles. The lowest BCUT2D eigenvalue weighted by atomic mass is 9.89. The van der Waals surface area contributed by atoms with Crippen LogP contribution < -0.4 is 10.1 Å². The van der Waals surface area contributed by atoms with Crippen molar-refractivity contribution in [3.63, 3.8) is 0 Å². The highest BCUT2D eigenvalue weighted by Crippen LogP contribution is 2.32. The maximum absolute atomic E-state index is 13.7. The monoisotopic (exact) mass is 540 g/mol. The first-order valence-electron chi connectivity index (χ1n) is 12.8. The molecule has 0 unspecified atom stereocenters. The van der Waals surface area contributed by atoms with Crippen LogP contribution in [0.1, 0.15) is 39.0 Å². The van der Waals surface area contributed by atoms with E-state index in [0.717, 1.165) is 33.4 Å². The van der Waals surface area contributed by atoms with E-state index in [2.05, 4.69) is 10.3 Å². The summed E-state index contributed by atoms with van der Waals surface area (Å²) < 4.78 is 6.09. The Hall–Kier alpha value is -4.10. The van der Waals surface area contributed by atoms with E-state index in [1.165, 1.54) is 0 Å². The van der Waals surface area contributed by atoms with Crippen molar-refractivity contribution in [2.45, 2.75) is 32.4 Å². The summed E-state index contributed by atoms with van der Waals surface area (Å²) in [6.45, 7) is 2.29. The van der Waals surface area contributed by atoms with E-state index in [-0.39, 0.29) is 0 Å². The number of ether oxygens (including phenoxy) is 1. The average Bonchev–Trinajstić information content (AvgIpc) is 2.95. The Balaban J connectivity index is 1.81. The standard InChI is InChI=1S/C32H32N2O4S/c1-22-9-6-7-13-27(22)28-19-25(21-38-26-12-8-15-33-20-26)24(17-23-10-4-3-5-11-23)18-29(28)31(35)34-30(32(36)37)14-16-39-2/h3-13,15,18-20,30H,14,16-17,21H2,1-2H3,(H,34,35)(H,36,37)/t30-/m0/s1. The molecule has 1 amide bonds. The van der Waals surface area contributed by atoms with Crippen molar-refractivity contribution >= 4 is 23.6 Å². The molecule has 3 aromatic carbocycles. The van der Waals surface area contributed by atoms with Crippen molar-refractivity contribution in [2.24, 2.45) is 0 Å². The van der Waals surface area contributed by atoms with Crippen molar-refractivity contribution in [1.29, 1.82) is 0 Å². The van der Waals surface area contributed by atoms with Gasteiger partial charge in [0.15, 0.2) is 0 Å². The van der Waals surface area contributed by atoms with Crippen LogP contribution in [-0.2, 0) is 17.8 Å². The Morgan fingerprint density at radius 1 is 0.974 bits per heavy atom. The normalized spacial score (nSPS) is 11.5. The minimum atomic E-state index is -1.04. The third-order valence-electron chi connectivity index (χ3n) is 6.50. The summed E-state index contributed by atoms with van der Waals surface area (Å²) in [4.78, 5) is 29.8. The Morgan fingerprint density at radius 2 is 1.74 bits per heavy atom. The highest BCUT2D eigenvalue weighted by Gasteiger charge is 2.24. The number of hydrogen-bond donors (Lipinski definition) is 2. The number of nitrogens with one attached hydrogen (secondary N) is 1. The van der Waals surface area contributed by atoms with E-state index < -0.39 is 17.9 Å². The number of aryl methyl sites for hydroxylation is 1. The lowest BCUT2D eigenvalue weighted by molar-refractivity contribution is -0.139. The topological polar surface area (TPSA) is 88.5 Å². The van der Waals surface area contributed by atoms with E-state index >= 15 is 0 Å². The second kappa shape index (κ2) is 13.6. The Bertz CT molecular complexity index is 1410. The largest absolute Gasteiger partial charge is 0.487 e. The molecular formula is C32H32N2O4S. The van der Waals surface area contributed by atoms with Crippen molar-refractivity contribution < 1.29 is 19.4 Å². The van der Waals surface area contributed by atoms with Gasteiger partial charge in [-0.3, -0.25) is 9.78 Å². The quantitative estimate of drug-likeness (QED) is 0.224. The molecule has 0 aliphatic rings. The first-order chi connectivity index (χ1) is 19.0. The maximum Gasteiger partial charge on any atom is 0.326 e. The fourth-order valence-electron chi connectivity index (χ4n) is 4.41. The van der Waals surface area contributed by atoms with Gasteiger partial charge in [-0.15, -0.1) is 0 Å². The van der Waals surface area contributed by atoms with Crippen molar-refractivity contribution in [3.05, 3.63) is 119 Å². The molecule has 6 nitrogen and oxygen atoms in total. The Kier molecular flexibility index (Phi) is 9.75. The summed E-state index contributed by atoms with van der Waals surface area (Å²) >= 11 is 1.55. The van der Waals surface area contributed by atoms with Crippen LogP contribution in [0, 0.1) is 6.92 Å². The van der Waals surface area contributed by atoms with E-state index in [1.807, 2.05) is 92.0 Å². The van der Waals surface area contributed by atoms with Crippen LogP contribution in [0.3, 0.4) is 0 Å². The van der Waals surface area contributed by atoms with Gasteiger partial charge >= 0.3 is 5.97 Å². The zero-order valence-corrected chi connectivity index (χ0v) is 22.9.